The van der Waals surface area contributed by atoms with Crippen LogP contribution < -0.4 is 10.1 Å². The number of carbonyl (C=O) groups excluding carboxylic acids is 2. The van der Waals surface area contributed by atoms with Crippen LogP contribution in [0.5, 0.6) is 5.75 Å². The van der Waals surface area contributed by atoms with Crippen LogP contribution in [0.2, 0.25) is 0 Å². The standard InChI is InChI=1S/C25H18I2N2O4/c1-15(30)28-19-9-7-18(8-10-19)24-29-22(25(31)33-24)13-17-11-20(26)23(21(27)12-17)32-14-16-5-3-2-4-6-16/h2-13H,14H2,1H3,(H,28,30)/b22-13-. The smallest absolute Gasteiger partial charge is 0.363 e. The topological polar surface area (TPSA) is 77.0 Å². The third-order valence-electron chi connectivity index (χ3n) is 4.62. The van der Waals surface area contributed by atoms with Gasteiger partial charge in [-0.3, -0.25) is 4.79 Å². The number of amides is 1. The summed E-state index contributed by atoms with van der Waals surface area (Å²) in [6.07, 6.45) is 1.70. The normalized spacial score (nSPS) is 14.1. The van der Waals surface area contributed by atoms with Crippen molar-refractivity contribution >= 4 is 74.7 Å². The maximum atomic E-state index is 12.4. The molecule has 1 amide bonds. The summed E-state index contributed by atoms with van der Waals surface area (Å²) < 4.78 is 13.3. The number of nitrogens with one attached hydrogen (secondary N) is 1. The molecule has 0 aliphatic carbocycles. The molecule has 0 radical (unpaired) electrons. The molecule has 0 bridgehead atoms. The lowest BCUT2D eigenvalue weighted by molar-refractivity contribution is -0.129. The second-order valence-electron chi connectivity index (χ2n) is 7.18. The Kier molecular flexibility index (Phi) is 7.43. The van der Waals surface area contributed by atoms with Gasteiger partial charge in [0.15, 0.2) is 5.70 Å². The first-order chi connectivity index (χ1) is 15.9. The molecule has 0 unspecified atom stereocenters. The molecule has 0 saturated heterocycles. The molecule has 0 atom stereocenters. The van der Waals surface area contributed by atoms with Crippen LogP contribution in [0.15, 0.2) is 77.4 Å². The van der Waals surface area contributed by atoms with Crippen LogP contribution in [0.4, 0.5) is 5.69 Å². The molecule has 1 aliphatic rings. The molecule has 3 aromatic rings. The molecule has 166 valence electrons. The van der Waals surface area contributed by atoms with E-state index in [9.17, 15) is 9.59 Å². The molecule has 4 rings (SSSR count). The maximum absolute atomic E-state index is 12.4. The number of rotatable bonds is 6. The van der Waals surface area contributed by atoms with Crippen molar-refractivity contribution in [1.82, 2.24) is 0 Å². The second kappa shape index (κ2) is 10.5. The van der Waals surface area contributed by atoms with Gasteiger partial charge in [0.25, 0.3) is 0 Å². The Morgan fingerprint density at radius 3 is 2.36 bits per heavy atom. The third kappa shape index (κ3) is 5.99. The van der Waals surface area contributed by atoms with Crippen molar-refractivity contribution in [3.8, 4) is 5.75 Å². The Bertz CT molecular complexity index is 1250. The van der Waals surface area contributed by atoms with E-state index in [0.717, 1.165) is 24.0 Å². The van der Waals surface area contributed by atoms with Crippen molar-refractivity contribution in [2.75, 3.05) is 5.32 Å². The summed E-state index contributed by atoms with van der Waals surface area (Å²) in [6.45, 7) is 1.92. The zero-order valence-electron chi connectivity index (χ0n) is 17.5. The van der Waals surface area contributed by atoms with E-state index < -0.39 is 5.97 Å². The van der Waals surface area contributed by atoms with Gasteiger partial charge in [-0.05, 0) is 98.8 Å². The van der Waals surface area contributed by atoms with Crippen molar-refractivity contribution in [3.63, 3.8) is 0 Å². The minimum Gasteiger partial charge on any atom is -0.487 e. The predicted molar refractivity (Wildman–Crippen MR) is 144 cm³/mol. The highest BCUT2D eigenvalue weighted by Gasteiger charge is 2.24. The number of aliphatic imine (C=N–C) groups is 1. The Labute approximate surface area is 218 Å². The quantitative estimate of drug-likeness (QED) is 0.206. The molecule has 0 fully saturated rings. The third-order valence-corrected chi connectivity index (χ3v) is 6.23. The second-order valence-corrected chi connectivity index (χ2v) is 9.51. The highest BCUT2D eigenvalue weighted by molar-refractivity contribution is 14.1. The van der Waals surface area contributed by atoms with Gasteiger partial charge >= 0.3 is 5.97 Å². The van der Waals surface area contributed by atoms with Crippen LogP contribution in [-0.4, -0.2) is 17.8 Å². The van der Waals surface area contributed by atoms with E-state index in [1.807, 2.05) is 42.5 Å². The van der Waals surface area contributed by atoms with Crippen LogP contribution in [0, 0.1) is 7.14 Å². The molecule has 1 aliphatic heterocycles. The van der Waals surface area contributed by atoms with E-state index in [1.165, 1.54) is 6.92 Å². The van der Waals surface area contributed by atoms with Crippen molar-refractivity contribution < 1.29 is 19.1 Å². The maximum Gasteiger partial charge on any atom is 0.363 e. The number of hydrogen-bond acceptors (Lipinski definition) is 5. The SMILES string of the molecule is CC(=O)Nc1ccc(C2=N/C(=C\c3cc(I)c(OCc4ccccc4)c(I)c3)C(=O)O2)cc1. The lowest BCUT2D eigenvalue weighted by atomic mass is 10.2. The molecule has 33 heavy (non-hydrogen) atoms. The summed E-state index contributed by atoms with van der Waals surface area (Å²) in [7, 11) is 0. The molecule has 0 aromatic heterocycles. The number of esters is 1. The fraction of sp³-hybridized carbons (Fsp3) is 0.0800. The fourth-order valence-corrected chi connectivity index (χ4v) is 5.25. The van der Waals surface area contributed by atoms with Crippen molar-refractivity contribution in [2.24, 2.45) is 4.99 Å². The van der Waals surface area contributed by atoms with Gasteiger partial charge in [0, 0.05) is 18.2 Å². The largest absolute Gasteiger partial charge is 0.487 e. The first-order valence-electron chi connectivity index (χ1n) is 9.95. The summed E-state index contributed by atoms with van der Waals surface area (Å²) in [5.74, 6) is 0.371. The molecular formula is C25H18I2N2O4. The summed E-state index contributed by atoms with van der Waals surface area (Å²) in [6, 6.07) is 20.8. The first-order valence-corrected chi connectivity index (χ1v) is 12.1. The number of carbonyl (C=O) groups is 2. The minimum atomic E-state index is -0.509. The summed E-state index contributed by atoms with van der Waals surface area (Å²) in [5.41, 5.74) is 3.45. The van der Waals surface area contributed by atoms with Crippen molar-refractivity contribution in [1.29, 1.82) is 0 Å². The average Bonchev–Trinajstić information content (AvgIpc) is 3.14. The van der Waals surface area contributed by atoms with E-state index in [2.05, 4.69) is 55.5 Å². The lowest BCUT2D eigenvalue weighted by Gasteiger charge is -2.11. The summed E-state index contributed by atoms with van der Waals surface area (Å²) in [4.78, 5) is 27.9. The molecule has 6 nitrogen and oxygen atoms in total. The van der Waals surface area contributed by atoms with Crippen LogP contribution in [0.25, 0.3) is 6.08 Å². The van der Waals surface area contributed by atoms with Gasteiger partial charge in [-0.25, -0.2) is 9.79 Å². The molecule has 0 spiro atoms. The fourth-order valence-electron chi connectivity index (χ4n) is 3.12. The molecule has 0 saturated carbocycles. The first kappa shape index (κ1) is 23.4. The molecule has 3 aromatic carbocycles. The molecule has 8 heteroatoms. The van der Waals surface area contributed by atoms with E-state index in [-0.39, 0.29) is 17.5 Å². The zero-order valence-corrected chi connectivity index (χ0v) is 21.8. The van der Waals surface area contributed by atoms with E-state index >= 15 is 0 Å². The summed E-state index contributed by atoms with van der Waals surface area (Å²) in [5, 5.41) is 2.70. The van der Waals surface area contributed by atoms with Gasteiger partial charge in [-0.1, -0.05) is 30.3 Å². The van der Waals surface area contributed by atoms with Gasteiger partial charge < -0.3 is 14.8 Å². The van der Waals surface area contributed by atoms with Gasteiger partial charge in [-0.15, -0.1) is 0 Å². The Morgan fingerprint density at radius 2 is 1.73 bits per heavy atom. The number of nitrogens with zero attached hydrogens (tertiary/aromatic N) is 1. The van der Waals surface area contributed by atoms with Gasteiger partial charge in [0.05, 0.1) is 7.14 Å². The number of hydrogen-bond donors (Lipinski definition) is 1. The van der Waals surface area contributed by atoms with E-state index in [1.54, 1.807) is 30.3 Å². The molecular weight excluding hydrogens is 646 g/mol. The zero-order chi connectivity index (χ0) is 23.4. The van der Waals surface area contributed by atoms with Gasteiger partial charge in [-0.2, -0.15) is 0 Å². The van der Waals surface area contributed by atoms with Crippen molar-refractivity contribution in [2.45, 2.75) is 13.5 Å². The number of benzene rings is 3. The van der Waals surface area contributed by atoms with Crippen molar-refractivity contribution in [3.05, 3.63) is 96.3 Å². The Balaban J connectivity index is 1.52. The number of ether oxygens (including phenoxy) is 2. The number of anilines is 1. The minimum absolute atomic E-state index is 0.154. The van der Waals surface area contributed by atoms with Gasteiger partial charge in [0.2, 0.25) is 11.8 Å². The Morgan fingerprint density at radius 1 is 1.06 bits per heavy atom. The molecule has 1 heterocycles. The lowest BCUT2D eigenvalue weighted by Crippen LogP contribution is -2.07. The van der Waals surface area contributed by atoms with Gasteiger partial charge in [0.1, 0.15) is 12.4 Å². The monoisotopic (exact) mass is 664 g/mol. The highest BCUT2D eigenvalue weighted by atomic mass is 127. The predicted octanol–water partition coefficient (Wildman–Crippen LogP) is 5.78. The van der Waals surface area contributed by atoms with Crippen LogP contribution in [0.3, 0.4) is 0 Å². The molecule has 1 N–H and O–H groups in total. The summed E-state index contributed by atoms with van der Waals surface area (Å²) >= 11 is 4.46. The van der Waals surface area contributed by atoms with Crippen LogP contribution in [-0.2, 0) is 20.9 Å². The number of cyclic esters (lactones) is 1. The van der Waals surface area contributed by atoms with E-state index in [0.29, 0.717) is 17.9 Å². The van der Waals surface area contributed by atoms with Crippen LogP contribution in [0.1, 0.15) is 23.6 Å². The highest BCUT2D eigenvalue weighted by Crippen LogP contribution is 2.31. The average molecular weight is 664 g/mol. The number of halogens is 2. The van der Waals surface area contributed by atoms with E-state index in [4.69, 9.17) is 9.47 Å². The van der Waals surface area contributed by atoms with Crippen LogP contribution >= 0.6 is 45.2 Å². The Hall–Kier alpha value is -2.73.